The lowest BCUT2D eigenvalue weighted by Crippen LogP contribution is -2.03. The fourth-order valence-corrected chi connectivity index (χ4v) is 2.47. The summed E-state index contributed by atoms with van der Waals surface area (Å²) in [6.07, 6.45) is 1.33. The molecule has 1 aromatic carbocycles. The van der Waals surface area contributed by atoms with Crippen molar-refractivity contribution >= 4 is 16.9 Å². The van der Waals surface area contributed by atoms with E-state index in [1.54, 1.807) is 25.2 Å². The van der Waals surface area contributed by atoms with Gasteiger partial charge in [0.15, 0.2) is 0 Å². The molecule has 0 spiro atoms. The summed E-state index contributed by atoms with van der Waals surface area (Å²) < 4.78 is 3.37. The van der Waals surface area contributed by atoms with Crippen molar-refractivity contribution in [3.63, 3.8) is 0 Å². The van der Waals surface area contributed by atoms with Crippen LogP contribution in [0.1, 0.15) is 10.4 Å². The molecule has 3 aromatic rings. The van der Waals surface area contributed by atoms with Crippen LogP contribution in [-0.2, 0) is 14.1 Å². The third-order valence-corrected chi connectivity index (χ3v) is 3.48. The standard InChI is InChI=1S/C14H13N3O3/c1-16-10-4-3-5-12(18)8(10)6-11(16)13-9(14(19)20)7-15-17(13)2/h3-7,18H,1-2H3,(H,19,20). The summed E-state index contributed by atoms with van der Waals surface area (Å²) in [5.41, 5.74) is 2.17. The lowest BCUT2D eigenvalue weighted by molar-refractivity contribution is 0.0697. The molecule has 0 fully saturated rings. The van der Waals surface area contributed by atoms with E-state index in [0.717, 1.165) is 5.52 Å². The van der Waals surface area contributed by atoms with Gasteiger partial charge in [-0.25, -0.2) is 4.79 Å². The van der Waals surface area contributed by atoms with Crippen molar-refractivity contribution in [3.8, 4) is 17.1 Å². The Labute approximate surface area is 114 Å². The molecular weight excluding hydrogens is 258 g/mol. The molecule has 2 aromatic heterocycles. The molecule has 0 unspecified atom stereocenters. The van der Waals surface area contributed by atoms with E-state index in [-0.39, 0.29) is 11.3 Å². The molecule has 0 bridgehead atoms. The van der Waals surface area contributed by atoms with Crippen LogP contribution in [0.15, 0.2) is 30.5 Å². The number of hydrogen-bond donors (Lipinski definition) is 2. The molecule has 6 nitrogen and oxygen atoms in total. The number of fused-ring (bicyclic) bond motifs is 1. The average molecular weight is 271 g/mol. The van der Waals surface area contributed by atoms with Crippen molar-refractivity contribution in [1.82, 2.24) is 14.3 Å². The zero-order valence-electron chi connectivity index (χ0n) is 11.0. The van der Waals surface area contributed by atoms with Gasteiger partial charge >= 0.3 is 5.97 Å². The van der Waals surface area contributed by atoms with Crippen LogP contribution in [0, 0.1) is 0 Å². The van der Waals surface area contributed by atoms with Gasteiger partial charge in [0.25, 0.3) is 0 Å². The van der Waals surface area contributed by atoms with Gasteiger partial charge in [-0.15, -0.1) is 0 Å². The number of aromatic carboxylic acids is 1. The molecule has 0 saturated carbocycles. The molecule has 6 heteroatoms. The van der Waals surface area contributed by atoms with Crippen LogP contribution >= 0.6 is 0 Å². The van der Waals surface area contributed by atoms with Crippen LogP contribution in [0.3, 0.4) is 0 Å². The minimum Gasteiger partial charge on any atom is -0.507 e. The second-order valence-electron chi connectivity index (χ2n) is 4.63. The van der Waals surface area contributed by atoms with Crippen LogP contribution in [0.4, 0.5) is 0 Å². The van der Waals surface area contributed by atoms with Gasteiger partial charge in [0, 0.05) is 19.5 Å². The summed E-state index contributed by atoms with van der Waals surface area (Å²) in [6.45, 7) is 0. The average Bonchev–Trinajstić information content (AvgIpc) is 2.92. The molecule has 2 heterocycles. The van der Waals surface area contributed by atoms with Crippen LogP contribution < -0.4 is 0 Å². The second kappa shape index (κ2) is 4.12. The van der Waals surface area contributed by atoms with Crippen LogP contribution in [0.25, 0.3) is 22.3 Å². The molecule has 0 aliphatic rings. The summed E-state index contributed by atoms with van der Waals surface area (Å²) in [7, 11) is 3.52. The van der Waals surface area contributed by atoms with E-state index < -0.39 is 5.97 Å². The van der Waals surface area contributed by atoms with Crippen molar-refractivity contribution < 1.29 is 15.0 Å². The highest BCUT2D eigenvalue weighted by atomic mass is 16.4. The molecule has 3 rings (SSSR count). The Kier molecular flexibility index (Phi) is 2.53. The fraction of sp³-hybridized carbons (Fsp3) is 0.143. The maximum absolute atomic E-state index is 11.3. The van der Waals surface area contributed by atoms with Crippen molar-refractivity contribution in [3.05, 3.63) is 36.0 Å². The number of phenolic OH excluding ortho intramolecular Hbond substituents is 1. The van der Waals surface area contributed by atoms with Gasteiger partial charge in [-0.1, -0.05) is 6.07 Å². The Morgan fingerprint density at radius 2 is 2.05 bits per heavy atom. The molecule has 0 amide bonds. The SMILES string of the molecule is Cn1ncc(C(=O)O)c1-c1cc2c(O)cccc2n1C. The Morgan fingerprint density at radius 1 is 1.30 bits per heavy atom. The summed E-state index contributed by atoms with van der Waals surface area (Å²) in [4.78, 5) is 11.3. The van der Waals surface area contributed by atoms with E-state index in [9.17, 15) is 15.0 Å². The Balaban J connectivity index is 2.36. The number of hydrogen-bond acceptors (Lipinski definition) is 3. The normalized spacial score (nSPS) is 11.1. The zero-order chi connectivity index (χ0) is 14.4. The van der Waals surface area contributed by atoms with Gasteiger partial charge in [-0.3, -0.25) is 4.68 Å². The first-order valence-corrected chi connectivity index (χ1v) is 6.03. The first kappa shape index (κ1) is 12.3. The third kappa shape index (κ3) is 1.58. The van der Waals surface area contributed by atoms with Crippen molar-refractivity contribution in [1.29, 1.82) is 0 Å². The molecule has 0 aliphatic heterocycles. The molecule has 102 valence electrons. The zero-order valence-corrected chi connectivity index (χ0v) is 11.0. The van der Waals surface area contributed by atoms with Gasteiger partial charge in [0.05, 0.1) is 23.1 Å². The van der Waals surface area contributed by atoms with Gasteiger partial charge in [-0.05, 0) is 18.2 Å². The monoisotopic (exact) mass is 271 g/mol. The number of nitrogens with zero attached hydrogens (tertiary/aromatic N) is 3. The number of rotatable bonds is 2. The van der Waals surface area contributed by atoms with Crippen molar-refractivity contribution in [2.45, 2.75) is 0 Å². The topological polar surface area (TPSA) is 80.3 Å². The van der Waals surface area contributed by atoms with Crippen LogP contribution in [0.5, 0.6) is 5.75 Å². The Bertz CT molecular complexity index is 830. The molecule has 0 saturated heterocycles. The van der Waals surface area contributed by atoms with E-state index in [2.05, 4.69) is 5.10 Å². The first-order chi connectivity index (χ1) is 9.50. The first-order valence-electron chi connectivity index (χ1n) is 6.03. The predicted molar refractivity (Wildman–Crippen MR) is 73.7 cm³/mol. The minimum absolute atomic E-state index is 0.137. The molecule has 0 radical (unpaired) electrons. The van der Waals surface area contributed by atoms with E-state index in [0.29, 0.717) is 16.8 Å². The maximum Gasteiger partial charge on any atom is 0.339 e. The van der Waals surface area contributed by atoms with Gasteiger partial charge in [0.1, 0.15) is 11.3 Å². The summed E-state index contributed by atoms with van der Waals surface area (Å²) >= 11 is 0. The summed E-state index contributed by atoms with van der Waals surface area (Å²) in [6, 6.07) is 7.00. The minimum atomic E-state index is -1.03. The largest absolute Gasteiger partial charge is 0.507 e. The quantitative estimate of drug-likeness (QED) is 0.747. The van der Waals surface area contributed by atoms with E-state index in [1.807, 2.05) is 17.7 Å². The van der Waals surface area contributed by atoms with E-state index >= 15 is 0 Å². The van der Waals surface area contributed by atoms with E-state index in [4.69, 9.17) is 0 Å². The number of carboxylic acids is 1. The highest BCUT2D eigenvalue weighted by molar-refractivity contribution is 5.97. The number of benzene rings is 1. The summed E-state index contributed by atoms with van der Waals surface area (Å²) in [5.74, 6) is -0.856. The van der Waals surface area contributed by atoms with Gasteiger partial charge in [0.2, 0.25) is 0 Å². The van der Waals surface area contributed by atoms with E-state index in [1.165, 1.54) is 10.9 Å². The highest BCUT2D eigenvalue weighted by Crippen LogP contribution is 2.33. The predicted octanol–water partition coefficient (Wildman–Crippen LogP) is 1.98. The Hall–Kier alpha value is -2.76. The number of aromatic hydroxyl groups is 1. The maximum atomic E-state index is 11.3. The smallest absolute Gasteiger partial charge is 0.339 e. The second-order valence-corrected chi connectivity index (χ2v) is 4.63. The number of carboxylic acid groups (broad SMARTS) is 1. The molecule has 2 N–H and O–H groups in total. The molecule has 0 atom stereocenters. The van der Waals surface area contributed by atoms with Gasteiger partial charge < -0.3 is 14.8 Å². The lowest BCUT2D eigenvalue weighted by atomic mass is 10.2. The summed E-state index contributed by atoms with van der Waals surface area (Å²) in [5, 5.41) is 23.8. The fourth-order valence-electron chi connectivity index (χ4n) is 2.47. The van der Waals surface area contributed by atoms with Gasteiger partial charge in [-0.2, -0.15) is 5.10 Å². The van der Waals surface area contributed by atoms with Crippen LogP contribution in [0.2, 0.25) is 0 Å². The number of aromatic nitrogens is 3. The van der Waals surface area contributed by atoms with Crippen LogP contribution in [-0.4, -0.2) is 30.5 Å². The van der Waals surface area contributed by atoms with Crippen molar-refractivity contribution in [2.75, 3.05) is 0 Å². The highest BCUT2D eigenvalue weighted by Gasteiger charge is 2.20. The lowest BCUT2D eigenvalue weighted by Gasteiger charge is -2.06. The number of phenols is 1. The molecule has 20 heavy (non-hydrogen) atoms. The number of aryl methyl sites for hydroxylation is 2. The Morgan fingerprint density at radius 3 is 2.70 bits per heavy atom. The molecular formula is C14H13N3O3. The third-order valence-electron chi connectivity index (χ3n) is 3.48. The van der Waals surface area contributed by atoms with Crippen molar-refractivity contribution in [2.24, 2.45) is 14.1 Å². The number of carbonyl (C=O) groups is 1. The molecule has 0 aliphatic carbocycles.